The van der Waals surface area contributed by atoms with E-state index in [9.17, 15) is 14.9 Å². The van der Waals surface area contributed by atoms with Gasteiger partial charge >= 0.3 is 11.7 Å². The van der Waals surface area contributed by atoms with Crippen molar-refractivity contribution in [1.82, 2.24) is 4.98 Å². The number of rotatable bonds is 4. The van der Waals surface area contributed by atoms with Crippen LogP contribution >= 0.6 is 0 Å². The zero-order valence-corrected chi connectivity index (χ0v) is 11.5. The zero-order valence-electron chi connectivity index (χ0n) is 11.5. The Morgan fingerprint density at radius 3 is 2.48 bits per heavy atom. The third-order valence-electron chi connectivity index (χ3n) is 3.04. The van der Waals surface area contributed by atoms with Gasteiger partial charge in [-0.3, -0.25) is 10.1 Å². The summed E-state index contributed by atoms with van der Waals surface area (Å²) in [6.07, 6.45) is 0.944. The van der Waals surface area contributed by atoms with Gasteiger partial charge in [0.2, 0.25) is 0 Å². The standard InChI is InChI=1S/C14H13N3O4/c1-8-4-3-5-9(2)13(8)16-12-6-10(14(18)19)11(7-15-12)17(20)21/h3-7H,1-2H3,(H,15,16)(H,18,19). The maximum atomic E-state index is 11.1. The van der Waals surface area contributed by atoms with E-state index in [0.29, 0.717) is 0 Å². The number of nitrogens with zero attached hydrogens (tertiary/aromatic N) is 2. The summed E-state index contributed by atoms with van der Waals surface area (Å²) in [6.45, 7) is 3.80. The van der Waals surface area contributed by atoms with E-state index in [1.54, 1.807) is 0 Å². The van der Waals surface area contributed by atoms with Gasteiger partial charge in [-0.05, 0) is 25.0 Å². The van der Waals surface area contributed by atoms with Crippen LogP contribution in [-0.4, -0.2) is 21.0 Å². The van der Waals surface area contributed by atoms with Gasteiger partial charge in [-0.2, -0.15) is 0 Å². The van der Waals surface area contributed by atoms with Crippen LogP contribution in [0.3, 0.4) is 0 Å². The molecule has 0 amide bonds. The van der Waals surface area contributed by atoms with Gasteiger partial charge in [0.15, 0.2) is 0 Å². The van der Waals surface area contributed by atoms with Crippen LogP contribution in [0, 0.1) is 24.0 Å². The van der Waals surface area contributed by atoms with Gasteiger partial charge in [0, 0.05) is 11.8 Å². The molecule has 0 spiro atoms. The first-order chi connectivity index (χ1) is 9.90. The van der Waals surface area contributed by atoms with Crippen LogP contribution in [0.5, 0.6) is 0 Å². The molecular formula is C14H13N3O4. The van der Waals surface area contributed by atoms with Crippen molar-refractivity contribution in [1.29, 1.82) is 0 Å². The summed E-state index contributed by atoms with van der Waals surface area (Å²) in [4.78, 5) is 25.0. The van der Waals surface area contributed by atoms with Crippen molar-refractivity contribution in [3.63, 3.8) is 0 Å². The lowest BCUT2D eigenvalue weighted by Gasteiger charge is -2.12. The average molecular weight is 287 g/mol. The molecular weight excluding hydrogens is 274 g/mol. The molecule has 0 saturated carbocycles. The Labute approximate surface area is 120 Å². The number of carboxylic acids is 1. The minimum atomic E-state index is -1.37. The third kappa shape index (κ3) is 2.97. The number of nitrogens with one attached hydrogen (secondary N) is 1. The largest absolute Gasteiger partial charge is 0.477 e. The minimum absolute atomic E-state index is 0.246. The van der Waals surface area contributed by atoms with Crippen LogP contribution in [0.15, 0.2) is 30.5 Å². The van der Waals surface area contributed by atoms with Crippen LogP contribution in [-0.2, 0) is 0 Å². The number of pyridine rings is 1. The summed E-state index contributed by atoms with van der Waals surface area (Å²) in [5, 5.41) is 22.8. The average Bonchev–Trinajstić information content (AvgIpc) is 2.42. The highest BCUT2D eigenvalue weighted by Crippen LogP contribution is 2.26. The lowest BCUT2D eigenvalue weighted by Crippen LogP contribution is -2.06. The SMILES string of the molecule is Cc1cccc(C)c1Nc1cc(C(=O)O)c([N+](=O)[O-])cn1. The van der Waals surface area contributed by atoms with Gasteiger partial charge in [-0.1, -0.05) is 18.2 Å². The number of para-hydroxylation sites is 1. The molecule has 2 N–H and O–H groups in total. The summed E-state index contributed by atoms with van der Waals surface area (Å²) in [5.41, 5.74) is 1.80. The Morgan fingerprint density at radius 1 is 1.33 bits per heavy atom. The van der Waals surface area contributed by atoms with Crippen molar-refractivity contribution in [2.75, 3.05) is 5.32 Å². The van der Waals surface area contributed by atoms with E-state index in [1.807, 2.05) is 32.0 Å². The predicted molar refractivity (Wildman–Crippen MR) is 77.0 cm³/mol. The molecule has 0 atom stereocenters. The summed E-state index contributed by atoms with van der Waals surface area (Å²) in [5.74, 6) is -1.12. The molecule has 0 aliphatic rings. The summed E-state index contributed by atoms with van der Waals surface area (Å²) in [7, 11) is 0. The van der Waals surface area contributed by atoms with Crippen LogP contribution in [0.1, 0.15) is 21.5 Å². The van der Waals surface area contributed by atoms with E-state index in [1.165, 1.54) is 0 Å². The molecule has 7 nitrogen and oxygen atoms in total. The van der Waals surface area contributed by atoms with Gasteiger partial charge in [0.05, 0.1) is 4.92 Å². The first-order valence-electron chi connectivity index (χ1n) is 6.11. The van der Waals surface area contributed by atoms with Gasteiger partial charge in [0.25, 0.3) is 0 Å². The molecule has 0 aliphatic heterocycles. The molecule has 1 heterocycles. The smallest absolute Gasteiger partial charge is 0.342 e. The van der Waals surface area contributed by atoms with Crippen molar-refractivity contribution in [2.24, 2.45) is 0 Å². The zero-order chi connectivity index (χ0) is 15.6. The van der Waals surface area contributed by atoms with Crippen LogP contribution < -0.4 is 5.32 Å². The van der Waals surface area contributed by atoms with Crippen LogP contribution in [0.2, 0.25) is 0 Å². The second-order valence-electron chi connectivity index (χ2n) is 4.54. The molecule has 0 fully saturated rings. The number of carbonyl (C=O) groups is 1. The summed E-state index contributed by atoms with van der Waals surface area (Å²) < 4.78 is 0. The number of aryl methyl sites for hydroxylation is 2. The Balaban J connectivity index is 2.44. The first kappa shape index (κ1) is 14.4. The second-order valence-corrected chi connectivity index (χ2v) is 4.54. The molecule has 0 saturated heterocycles. The number of hydrogen-bond acceptors (Lipinski definition) is 5. The normalized spacial score (nSPS) is 10.2. The molecule has 21 heavy (non-hydrogen) atoms. The summed E-state index contributed by atoms with van der Waals surface area (Å²) >= 11 is 0. The van der Waals surface area contributed by atoms with Gasteiger partial charge < -0.3 is 10.4 Å². The molecule has 1 aromatic carbocycles. The Kier molecular flexibility index (Phi) is 3.84. The molecule has 0 unspecified atom stereocenters. The maximum absolute atomic E-state index is 11.1. The number of hydrogen-bond donors (Lipinski definition) is 2. The lowest BCUT2D eigenvalue weighted by molar-refractivity contribution is -0.385. The van der Waals surface area contributed by atoms with Crippen molar-refractivity contribution >= 4 is 23.2 Å². The predicted octanol–water partition coefficient (Wildman–Crippen LogP) is 3.05. The fourth-order valence-electron chi connectivity index (χ4n) is 1.97. The van der Waals surface area contributed by atoms with E-state index in [4.69, 9.17) is 5.11 Å². The Bertz CT molecular complexity index is 708. The van der Waals surface area contributed by atoms with Crippen LogP contribution in [0.4, 0.5) is 17.2 Å². The molecule has 0 bridgehead atoms. The second kappa shape index (κ2) is 5.58. The van der Waals surface area contributed by atoms with E-state index in [0.717, 1.165) is 29.1 Å². The highest BCUT2D eigenvalue weighted by atomic mass is 16.6. The number of benzene rings is 1. The van der Waals surface area contributed by atoms with E-state index in [-0.39, 0.29) is 5.82 Å². The van der Waals surface area contributed by atoms with Crippen molar-refractivity contribution < 1.29 is 14.8 Å². The minimum Gasteiger partial charge on any atom is -0.477 e. The van der Waals surface area contributed by atoms with E-state index in [2.05, 4.69) is 10.3 Å². The summed E-state index contributed by atoms with van der Waals surface area (Å²) in [6, 6.07) is 6.87. The van der Waals surface area contributed by atoms with Gasteiger partial charge in [-0.25, -0.2) is 9.78 Å². The number of nitro groups is 1. The number of aromatic carboxylic acids is 1. The van der Waals surface area contributed by atoms with Crippen molar-refractivity contribution in [2.45, 2.75) is 13.8 Å². The van der Waals surface area contributed by atoms with Crippen molar-refractivity contribution in [3.8, 4) is 0 Å². The molecule has 0 radical (unpaired) electrons. The molecule has 2 aromatic rings. The Hall–Kier alpha value is -2.96. The van der Waals surface area contributed by atoms with E-state index >= 15 is 0 Å². The highest BCUT2D eigenvalue weighted by molar-refractivity contribution is 5.93. The highest BCUT2D eigenvalue weighted by Gasteiger charge is 2.21. The Morgan fingerprint density at radius 2 is 1.95 bits per heavy atom. The fourth-order valence-corrected chi connectivity index (χ4v) is 1.97. The van der Waals surface area contributed by atoms with Gasteiger partial charge in [0.1, 0.15) is 17.6 Å². The molecule has 2 rings (SSSR count). The number of anilines is 2. The third-order valence-corrected chi connectivity index (χ3v) is 3.04. The molecule has 0 aliphatic carbocycles. The molecule has 108 valence electrons. The number of aromatic nitrogens is 1. The topological polar surface area (TPSA) is 105 Å². The number of carboxylic acid groups (broad SMARTS) is 1. The van der Waals surface area contributed by atoms with Crippen LogP contribution in [0.25, 0.3) is 0 Å². The quantitative estimate of drug-likeness (QED) is 0.661. The van der Waals surface area contributed by atoms with Gasteiger partial charge in [-0.15, -0.1) is 0 Å². The molecule has 1 aromatic heterocycles. The fraction of sp³-hybridized carbons (Fsp3) is 0.143. The maximum Gasteiger partial charge on any atom is 0.342 e. The van der Waals surface area contributed by atoms with E-state index < -0.39 is 22.1 Å². The lowest BCUT2D eigenvalue weighted by atomic mass is 10.1. The van der Waals surface area contributed by atoms with Crippen molar-refractivity contribution in [3.05, 3.63) is 57.3 Å². The monoisotopic (exact) mass is 287 g/mol. The first-order valence-corrected chi connectivity index (χ1v) is 6.11. The molecule has 7 heteroatoms.